The maximum Gasteiger partial charge on any atom is 0.161 e. The molecular formula is C24H19Cl2NO3. The minimum atomic E-state index is 0.309. The molecule has 0 N–H and O–H groups in total. The van der Waals surface area contributed by atoms with Gasteiger partial charge in [-0.05, 0) is 53.6 Å². The molecule has 0 unspecified atom stereocenters. The van der Waals surface area contributed by atoms with Crippen LogP contribution in [0.5, 0.6) is 17.2 Å². The van der Waals surface area contributed by atoms with Gasteiger partial charge in [0.1, 0.15) is 12.4 Å². The average Bonchev–Trinajstić information content (AvgIpc) is 2.77. The molecule has 3 aromatic carbocycles. The maximum absolute atomic E-state index is 9.63. The van der Waals surface area contributed by atoms with Crippen LogP contribution in [0, 0.1) is 11.3 Å². The van der Waals surface area contributed by atoms with Crippen molar-refractivity contribution in [3.63, 3.8) is 0 Å². The van der Waals surface area contributed by atoms with E-state index in [0.717, 1.165) is 11.1 Å². The molecule has 3 aromatic rings. The van der Waals surface area contributed by atoms with Crippen LogP contribution in [-0.4, -0.2) is 14.2 Å². The van der Waals surface area contributed by atoms with Gasteiger partial charge in [-0.2, -0.15) is 5.26 Å². The Morgan fingerprint density at radius 3 is 2.30 bits per heavy atom. The number of methoxy groups -OCH3 is 2. The first-order valence-corrected chi connectivity index (χ1v) is 9.81. The standard InChI is InChI=1S/C24H19Cl2NO3/c1-28-23-10-8-17(13-24(23)29-2)19(14-27)11-16-7-9-22(21(26)12-16)30-15-18-5-3-4-6-20(18)25/h3-13H,15H2,1-2H3/b19-11+. The van der Waals surface area contributed by atoms with Gasteiger partial charge >= 0.3 is 0 Å². The van der Waals surface area contributed by atoms with Crippen LogP contribution in [0.15, 0.2) is 60.7 Å². The number of hydrogen-bond donors (Lipinski definition) is 0. The number of hydrogen-bond acceptors (Lipinski definition) is 4. The van der Waals surface area contributed by atoms with Gasteiger partial charge in [-0.15, -0.1) is 0 Å². The zero-order valence-electron chi connectivity index (χ0n) is 16.5. The van der Waals surface area contributed by atoms with E-state index in [2.05, 4.69) is 6.07 Å². The topological polar surface area (TPSA) is 51.5 Å². The number of nitriles is 1. The van der Waals surface area contributed by atoms with Crippen molar-refractivity contribution < 1.29 is 14.2 Å². The van der Waals surface area contributed by atoms with Crippen molar-refractivity contribution in [2.45, 2.75) is 6.61 Å². The molecule has 30 heavy (non-hydrogen) atoms. The Morgan fingerprint density at radius 2 is 1.63 bits per heavy atom. The van der Waals surface area contributed by atoms with E-state index in [9.17, 15) is 5.26 Å². The summed E-state index contributed by atoms with van der Waals surface area (Å²) in [6, 6.07) is 20.4. The molecule has 3 rings (SSSR count). The van der Waals surface area contributed by atoms with Crippen LogP contribution in [0.25, 0.3) is 11.6 Å². The number of allylic oxidation sites excluding steroid dienone is 1. The molecule has 0 aliphatic carbocycles. The molecule has 0 bridgehead atoms. The third kappa shape index (κ3) is 5.07. The lowest BCUT2D eigenvalue weighted by Crippen LogP contribution is -1.97. The lowest BCUT2D eigenvalue weighted by atomic mass is 10.0. The van der Waals surface area contributed by atoms with E-state index in [1.807, 2.05) is 30.3 Å². The predicted molar refractivity (Wildman–Crippen MR) is 120 cm³/mol. The van der Waals surface area contributed by atoms with Crippen molar-refractivity contribution in [3.8, 4) is 23.3 Å². The summed E-state index contributed by atoms with van der Waals surface area (Å²) >= 11 is 12.5. The highest BCUT2D eigenvalue weighted by atomic mass is 35.5. The highest BCUT2D eigenvalue weighted by molar-refractivity contribution is 6.32. The predicted octanol–water partition coefficient (Wildman–Crippen LogP) is 6.65. The molecule has 0 spiro atoms. The van der Waals surface area contributed by atoms with Crippen molar-refractivity contribution in [1.82, 2.24) is 0 Å². The van der Waals surface area contributed by atoms with Gasteiger partial charge in [0.2, 0.25) is 0 Å². The average molecular weight is 440 g/mol. The maximum atomic E-state index is 9.63. The molecule has 4 nitrogen and oxygen atoms in total. The number of rotatable bonds is 7. The van der Waals surface area contributed by atoms with Crippen LogP contribution in [0.3, 0.4) is 0 Å². The summed E-state index contributed by atoms with van der Waals surface area (Å²) in [7, 11) is 3.12. The first-order chi connectivity index (χ1) is 14.5. The SMILES string of the molecule is COc1ccc(/C(C#N)=C/c2ccc(OCc3ccccc3Cl)c(Cl)c2)cc1OC. The van der Waals surface area contributed by atoms with E-state index in [1.54, 1.807) is 50.6 Å². The molecule has 0 aliphatic heterocycles. The monoisotopic (exact) mass is 439 g/mol. The van der Waals surface area contributed by atoms with Crippen molar-refractivity contribution in [2.24, 2.45) is 0 Å². The Kier molecular flexibility index (Phi) is 7.24. The second-order valence-corrected chi connectivity index (χ2v) is 7.12. The summed E-state index contributed by atoms with van der Waals surface area (Å²) in [5.41, 5.74) is 2.83. The van der Waals surface area contributed by atoms with Gasteiger partial charge in [0, 0.05) is 10.6 Å². The summed E-state index contributed by atoms with van der Waals surface area (Å²) in [6.07, 6.45) is 1.75. The molecule has 0 amide bonds. The zero-order chi connectivity index (χ0) is 21.5. The number of benzene rings is 3. The first-order valence-electron chi connectivity index (χ1n) is 9.05. The molecule has 0 heterocycles. The lowest BCUT2D eigenvalue weighted by Gasteiger charge is -2.10. The van der Waals surface area contributed by atoms with Gasteiger partial charge < -0.3 is 14.2 Å². The summed E-state index contributed by atoms with van der Waals surface area (Å²) < 4.78 is 16.4. The Hall–Kier alpha value is -3.13. The van der Waals surface area contributed by atoms with Gasteiger partial charge in [0.05, 0.1) is 30.9 Å². The zero-order valence-corrected chi connectivity index (χ0v) is 18.0. The number of ether oxygens (including phenoxy) is 3. The van der Waals surface area contributed by atoms with Crippen molar-refractivity contribution in [1.29, 1.82) is 5.26 Å². The van der Waals surface area contributed by atoms with E-state index < -0.39 is 0 Å². The largest absolute Gasteiger partial charge is 0.493 e. The number of nitrogens with zero attached hydrogens (tertiary/aromatic N) is 1. The highest BCUT2D eigenvalue weighted by Gasteiger charge is 2.09. The Labute approximate surface area is 185 Å². The van der Waals surface area contributed by atoms with Crippen LogP contribution in [0.4, 0.5) is 0 Å². The van der Waals surface area contributed by atoms with Gasteiger partial charge in [0.15, 0.2) is 11.5 Å². The van der Waals surface area contributed by atoms with Crippen molar-refractivity contribution in [3.05, 3.63) is 87.4 Å². The third-order valence-corrected chi connectivity index (χ3v) is 5.09. The minimum Gasteiger partial charge on any atom is -0.493 e. The van der Waals surface area contributed by atoms with Crippen LogP contribution in [-0.2, 0) is 6.61 Å². The molecule has 0 radical (unpaired) electrons. The van der Waals surface area contributed by atoms with Gasteiger partial charge in [-0.25, -0.2) is 0 Å². The van der Waals surface area contributed by atoms with Crippen LogP contribution >= 0.6 is 23.2 Å². The van der Waals surface area contributed by atoms with Crippen molar-refractivity contribution >= 4 is 34.9 Å². The van der Waals surface area contributed by atoms with E-state index in [-0.39, 0.29) is 0 Å². The fourth-order valence-corrected chi connectivity index (χ4v) is 3.28. The first kappa shape index (κ1) is 21.6. The highest BCUT2D eigenvalue weighted by Crippen LogP contribution is 2.32. The van der Waals surface area contributed by atoms with Crippen LogP contribution in [0.1, 0.15) is 16.7 Å². The molecule has 0 aliphatic rings. The second-order valence-electron chi connectivity index (χ2n) is 6.31. The quantitative estimate of drug-likeness (QED) is 0.305. The van der Waals surface area contributed by atoms with Gasteiger partial charge in [-0.1, -0.05) is 47.5 Å². The van der Waals surface area contributed by atoms with E-state index >= 15 is 0 Å². The molecule has 0 atom stereocenters. The summed E-state index contributed by atoms with van der Waals surface area (Å²) in [4.78, 5) is 0. The smallest absolute Gasteiger partial charge is 0.161 e. The Morgan fingerprint density at radius 1 is 0.900 bits per heavy atom. The molecule has 152 valence electrons. The minimum absolute atomic E-state index is 0.309. The van der Waals surface area contributed by atoms with E-state index in [0.29, 0.717) is 45.0 Å². The molecular weight excluding hydrogens is 421 g/mol. The van der Waals surface area contributed by atoms with Gasteiger partial charge in [-0.3, -0.25) is 0 Å². The molecule has 6 heteroatoms. The second kappa shape index (κ2) is 10.1. The molecule has 0 aromatic heterocycles. The number of halogens is 2. The Balaban J connectivity index is 1.82. The fraction of sp³-hybridized carbons (Fsp3) is 0.125. The summed E-state index contributed by atoms with van der Waals surface area (Å²) in [5.74, 6) is 1.69. The van der Waals surface area contributed by atoms with Crippen molar-refractivity contribution in [2.75, 3.05) is 14.2 Å². The summed E-state index contributed by atoms with van der Waals surface area (Å²) in [5, 5.41) is 10.7. The molecule has 0 saturated heterocycles. The molecule has 0 saturated carbocycles. The van der Waals surface area contributed by atoms with E-state index in [1.165, 1.54) is 0 Å². The summed E-state index contributed by atoms with van der Waals surface area (Å²) in [6.45, 7) is 0.309. The fourth-order valence-electron chi connectivity index (χ4n) is 2.85. The third-order valence-electron chi connectivity index (χ3n) is 4.42. The van der Waals surface area contributed by atoms with Crippen LogP contribution < -0.4 is 14.2 Å². The lowest BCUT2D eigenvalue weighted by molar-refractivity contribution is 0.306. The van der Waals surface area contributed by atoms with E-state index in [4.69, 9.17) is 37.4 Å². The van der Waals surface area contributed by atoms with Crippen LogP contribution in [0.2, 0.25) is 10.0 Å². The normalized spacial score (nSPS) is 11.0. The Bertz CT molecular complexity index is 1120. The van der Waals surface area contributed by atoms with Gasteiger partial charge in [0.25, 0.3) is 0 Å². The molecule has 0 fully saturated rings.